The summed E-state index contributed by atoms with van der Waals surface area (Å²) in [6.07, 6.45) is 0. The van der Waals surface area contributed by atoms with Crippen LogP contribution in [0.15, 0.2) is 12.1 Å². The summed E-state index contributed by atoms with van der Waals surface area (Å²) in [6, 6.07) is 3.26. The van der Waals surface area contributed by atoms with E-state index in [0.29, 0.717) is 45.3 Å². The van der Waals surface area contributed by atoms with Gasteiger partial charge in [-0.25, -0.2) is 4.98 Å². The topological polar surface area (TPSA) is 81.0 Å². The maximum Gasteiger partial charge on any atom is 0.311 e. The first kappa shape index (κ1) is 14.0. The third-order valence-electron chi connectivity index (χ3n) is 3.68. The average Bonchev–Trinajstić information content (AvgIpc) is 2.56. The number of pyridine rings is 1. The molecule has 21 heavy (non-hydrogen) atoms. The first-order chi connectivity index (χ1) is 10.3. The van der Waals surface area contributed by atoms with E-state index in [1.807, 2.05) is 4.90 Å². The fourth-order valence-corrected chi connectivity index (χ4v) is 2.55. The fourth-order valence-electron chi connectivity index (χ4n) is 2.55. The van der Waals surface area contributed by atoms with Crippen LogP contribution in [-0.2, 0) is 9.47 Å². The summed E-state index contributed by atoms with van der Waals surface area (Å²) in [4.78, 5) is 19.4. The fraction of sp³-hybridized carbons (Fsp3) is 0.615. The lowest BCUT2D eigenvalue weighted by Gasteiger charge is -2.30. The summed E-state index contributed by atoms with van der Waals surface area (Å²) in [5.74, 6) is 1.21. The molecule has 0 unspecified atom stereocenters. The zero-order valence-electron chi connectivity index (χ0n) is 11.7. The maximum absolute atomic E-state index is 11.2. The summed E-state index contributed by atoms with van der Waals surface area (Å²) in [6.45, 7) is 5.22. The van der Waals surface area contributed by atoms with Gasteiger partial charge in [-0.05, 0) is 6.07 Å². The van der Waals surface area contributed by atoms with Gasteiger partial charge in [0.15, 0.2) is 0 Å². The van der Waals surface area contributed by atoms with Crippen molar-refractivity contribution in [2.24, 2.45) is 0 Å². The zero-order valence-corrected chi connectivity index (χ0v) is 11.7. The van der Waals surface area contributed by atoms with Crippen molar-refractivity contribution >= 4 is 17.3 Å². The Morgan fingerprint density at radius 3 is 2.14 bits per heavy atom. The number of hydrogen-bond acceptors (Lipinski definition) is 7. The Hall–Kier alpha value is -1.93. The highest BCUT2D eigenvalue weighted by Crippen LogP contribution is 2.29. The highest BCUT2D eigenvalue weighted by atomic mass is 16.6. The Balaban J connectivity index is 1.91. The first-order valence-corrected chi connectivity index (χ1v) is 7.06. The number of ether oxygens (including phenoxy) is 2. The number of nitro groups is 1. The molecule has 0 spiro atoms. The Morgan fingerprint density at radius 2 is 1.57 bits per heavy atom. The van der Waals surface area contributed by atoms with Crippen LogP contribution in [-0.4, -0.2) is 62.5 Å². The van der Waals surface area contributed by atoms with Crippen molar-refractivity contribution in [2.45, 2.75) is 0 Å². The average molecular weight is 294 g/mol. The molecule has 3 heterocycles. The summed E-state index contributed by atoms with van der Waals surface area (Å²) in [5.41, 5.74) is 0.0499. The number of hydrogen-bond donors (Lipinski definition) is 0. The van der Waals surface area contributed by atoms with Crippen molar-refractivity contribution < 1.29 is 14.4 Å². The predicted molar refractivity (Wildman–Crippen MR) is 77.0 cm³/mol. The first-order valence-electron chi connectivity index (χ1n) is 7.06. The number of rotatable bonds is 3. The molecule has 0 aromatic carbocycles. The van der Waals surface area contributed by atoms with Crippen molar-refractivity contribution in [3.05, 3.63) is 22.2 Å². The normalized spacial score (nSPS) is 19.6. The van der Waals surface area contributed by atoms with Crippen LogP contribution in [0.2, 0.25) is 0 Å². The SMILES string of the molecule is O=[N+]([O-])c1ccc(N2CCOCC2)nc1N1CCOCC1. The highest BCUT2D eigenvalue weighted by molar-refractivity contribution is 5.62. The Morgan fingerprint density at radius 1 is 1.00 bits per heavy atom. The van der Waals surface area contributed by atoms with Gasteiger partial charge in [0.05, 0.1) is 31.4 Å². The molecule has 0 amide bonds. The van der Waals surface area contributed by atoms with E-state index in [9.17, 15) is 10.1 Å². The summed E-state index contributed by atoms with van der Waals surface area (Å²) < 4.78 is 10.6. The number of anilines is 2. The monoisotopic (exact) mass is 294 g/mol. The van der Waals surface area contributed by atoms with Crippen LogP contribution in [0.3, 0.4) is 0 Å². The predicted octanol–water partition coefficient (Wildman–Crippen LogP) is 0.663. The van der Waals surface area contributed by atoms with E-state index < -0.39 is 0 Å². The lowest BCUT2D eigenvalue weighted by molar-refractivity contribution is -0.384. The van der Waals surface area contributed by atoms with Crippen molar-refractivity contribution in [1.29, 1.82) is 0 Å². The van der Waals surface area contributed by atoms with Gasteiger partial charge in [0, 0.05) is 32.2 Å². The van der Waals surface area contributed by atoms with E-state index in [-0.39, 0.29) is 10.6 Å². The molecule has 0 radical (unpaired) electrons. The van der Waals surface area contributed by atoms with Crippen LogP contribution in [0.25, 0.3) is 0 Å². The van der Waals surface area contributed by atoms with Crippen molar-refractivity contribution in [3.8, 4) is 0 Å². The van der Waals surface area contributed by atoms with E-state index in [1.54, 1.807) is 12.1 Å². The van der Waals surface area contributed by atoms with Crippen LogP contribution in [0.4, 0.5) is 17.3 Å². The van der Waals surface area contributed by atoms with Crippen molar-refractivity contribution in [2.75, 3.05) is 62.4 Å². The van der Waals surface area contributed by atoms with Gasteiger partial charge < -0.3 is 19.3 Å². The molecule has 2 saturated heterocycles. The quantitative estimate of drug-likeness (QED) is 0.598. The molecular formula is C13H18N4O4. The lowest BCUT2D eigenvalue weighted by Crippen LogP contribution is -2.39. The molecule has 114 valence electrons. The minimum Gasteiger partial charge on any atom is -0.378 e. The molecule has 1 aromatic heterocycles. The van der Waals surface area contributed by atoms with E-state index in [2.05, 4.69) is 9.88 Å². The molecule has 2 aliphatic rings. The minimum absolute atomic E-state index is 0.0499. The van der Waals surface area contributed by atoms with Crippen LogP contribution in [0.5, 0.6) is 0 Å². The van der Waals surface area contributed by atoms with Gasteiger partial charge in [0.25, 0.3) is 0 Å². The Bertz CT molecular complexity index is 513. The smallest absolute Gasteiger partial charge is 0.311 e. The molecule has 0 bridgehead atoms. The van der Waals surface area contributed by atoms with Gasteiger partial charge in [-0.15, -0.1) is 0 Å². The second-order valence-electron chi connectivity index (χ2n) is 4.97. The molecule has 0 N–H and O–H groups in total. The van der Waals surface area contributed by atoms with Crippen LogP contribution >= 0.6 is 0 Å². The standard InChI is InChI=1S/C13H18N4O4/c18-17(19)11-1-2-12(15-3-7-20-8-4-15)14-13(11)16-5-9-21-10-6-16/h1-2H,3-10H2. The minimum atomic E-state index is -0.374. The summed E-state index contributed by atoms with van der Waals surface area (Å²) >= 11 is 0. The van der Waals surface area contributed by atoms with Gasteiger partial charge in [-0.1, -0.05) is 0 Å². The van der Waals surface area contributed by atoms with Gasteiger partial charge in [-0.2, -0.15) is 0 Å². The van der Waals surface area contributed by atoms with E-state index in [4.69, 9.17) is 9.47 Å². The largest absolute Gasteiger partial charge is 0.378 e. The number of nitrogens with zero attached hydrogens (tertiary/aromatic N) is 4. The number of aromatic nitrogens is 1. The highest BCUT2D eigenvalue weighted by Gasteiger charge is 2.25. The second kappa shape index (κ2) is 6.23. The van der Waals surface area contributed by atoms with E-state index in [0.717, 1.165) is 18.9 Å². The molecule has 2 fully saturated rings. The van der Waals surface area contributed by atoms with E-state index in [1.165, 1.54) is 0 Å². The summed E-state index contributed by atoms with van der Waals surface area (Å²) in [5, 5.41) is 11.2. The molecule has 8 heteroatoms. The van der Waals surface area contributed by atoms with Crippen LogP contribution in [0, 0.1) is 10.1 Å². The van der Waals surface area contributed by atoms with E-state index >= 15 is 0 Å². The van der Waals surface area contributed by atoms with Crippen molar-refractivity contribution in [1.82, 2.24) is 4.98 Å². The zero-order chi connectivity index (χ0) is 14.7. The second-order valence-corrected chi connectivity index (χ2v) is 4.97. The molecule has 3 rings (SSSR count). The maximum atomic E-state index is 11.2. The van der Waals surface area contributed by atoms with Gasteiger partial charge >= 0.3 is 5.69 Å². The molecule has 0 saturated carbocycles. The third-order valence-corrected chi connectivity index (χ3v) is 3.68. The lowest BCUT2D eigenvalue weighted by atomic mass is 10.3. The molecule has 1 aromatic rings. The molecule has 0 aliphatic carbocycles. The molecule has 2 aliphatic heterocycles. The third kappa shape index (κ3) is 3.06. The molecular weight excluding hydrogens is 276 g/mol. The molecule has 0 atom stereocenters. The molecule has 8 nitrogen and oxygen atoms in total. The van der Waals surface area contributed by atoms with Gasteiger partial charge in [0.1, 0.15) is 5.82 Å². The Labute approximate surface area is 122 Å². The van der Waals surface area contributed by atoms with Crippen LogP contribution in [0.1, 0.15) is 0 Å². The number of morpholine rings is 2. The summed E-state index contributed by atoms with van der Waals surface area (Å²) in [7, 11) is 0. The van der Waals surface area contributed by atoms with Crippen molar-refractivity contribution in [3.63, 3.8) is 0 Å². The van der Waals surface area contributed by atoms with Crippen LogP contribution < -0.4 is 9.80 Å². The van der Waals surface area contributed by atoms with Gasteiger partial charge in [-0.3, -0.25) is 10.1 Å². The van der Waals surface area contributed by atoms with Gasteiger partial charge in [0.2, 0.25) is 5.82 Å². The Kier molecular flexibility index (Phi) is 4.16.